The fourth-order valence-electron chi connectivity index (χ4n) is 1.16. The lowest BCUT2D eigenvalue weighted by molar-refractivity contribution is 0.134. The van der Waals surface area contributed by atoms with Crippen molar-refractivity contribution in [1.29, 1.82) is 0 Å². The maximum Gasteiger partial charge on any atom is 0.433 e. The van der Waals surface area contributed by atoms with Gasteiger partial charge in [-0.25, -0.2) is 4.79 Å². The minimum absolute atomic E-state index is 0.0438. The third-order valence-corrected chi connectivity index (χ3v) is 2.48. The molecule has 0 spiro atoms. The molecule has 0 aliphatic heterocycles. The molecule has 18 heavy (non-hydrogen) atoms. The Morgan fingerprint density at radius 3 is 2.78 bits per heavy atom. The smallest absolute Gasteiger partial charge is 0.387 e. The molecule has 0 aliphatic rings. The summed E-state index contributed by atoms with van der Waals surface area (Å²) in [7, 11) is 0. The van der Waals surface area contributed by atoms with Crippen molar-refractivity contribution in [2.75, 3.05) is 6.54 Å². The molecule has 0 bridgehead atoms. The van der Waals surface area contributed by atoms with E-state index in [1.807, 2.05) is 18.2 Å². The lowest BCUT2D eigenvalue weighted by Gasteiger charge is -2.10. The standard InChI is InChI=1S/C12H15ClN2O3/c1-2-11(13)15-18-12(17)14-8-10(16)9-6-4-3-5-7-9/h3-7,10,16H,2,8H2,1H3,(H,14,17)/t10-/m1/s1. The molecule has 5 nitrogen and oxygen atoms in total. The second-order valence-corrected chi connectivity index (χ2v) is 3.94. The van der Waals surface area contributed by atoms with Crippen molar-refractivity contribution in [2.24, 2.45) is 5.16 Å². The minimum atomic E-state index is -0.788. The first-order chi connectivity index (χ1) is 8.63. The van der Waals surface area contributed by atoms with Gasteiger partial charge in [-0.15, -0.1) is 0 Å². The second-order valence-electron chi connectivity index (χ2n) is 3.51. The van der Waals surface area contributed by atoms with Gasteiger partial charge in [0.25, 0.3) is 0 Å². The number of carbonyl (C=O) groups is 1. The van der Waals surface area contributed by atoms with E-state index in [9.17, 15) is 9.90 Å². The van der Waals surface area contributed by atoms with Crippen LogP contribution in [0, 0.1) is 0 Å². The zero-order valence-corrected chi connectivity index (χ0v) is 10.7. The van der Waals surface area contributed by atoms with Gasteiger partial charge in [-0.2, -0.15) is 0 Å². The van der Waals surface area contributed by atoms with Crippen LogP contribution in [-0.4, -0.2) is 22.9 Å². The van der Waals surface area contributed by atoms with E-state index in [0.717, 1.165) is 0 Å². The molecular weight excluding hydrogens is 256 g/mol. The highest BCUT2D eigenvalue weighted by Crippen LogP contribution is 2.10. The fourth-order valence-corrected chi connectivity index (χ4v) is 1.20. The Morgan fingerprint density at radius 1 is 1.50 bits per heavy atom. The van der Waals surface area contributed by atoms with E-state index in [4.69, 9.17) is 11.6 Å². The first kappa shape index (κ1) is 14.5. The molecule has 0 unspecified atom stereocenters. The lowest BCUT2D eigenvalue weighted by Crippen LogP contribution is -2.28. The van der Waals surface area contributed by atoms with E-state index in [-0.39, 0.29) is 11.7 Å². The Bertz CT molecular complexity index is 409. The maximum atomic E-state index is 11.2. The van der Waals surface area contributed by atoms with Crippen LogP contribution in [-0.2, 0) is 4.84 Å². The van der Waals surface area contributed by atoms with Crippen LogP contribution < -0.4 is 5.32 Å². The summed E-state index contributed by atoms with van der Waals surface area (Å²) in [6, 6.07) is 9.00. The van der Waals surface area contributed by atoms with Crippen LogP contribution >= 0.6 is 11.6 Å². The molecule has 1 aromatic rings. The number of aliphatic hydroxyl groups excluding tert-OH is 1. The number of halogens is 1. The SMILES string of the molecule is CCC(Cl)=NOC(=O)NC[C@@H](O)c1ccccc1. The summed E-state index contributed by atoms with van der Waals surface area (Å²) in [5.41, 5.74) is 0.716. The van der Waals surface area contributed by atoms with Gasteiger partial charge in [0.2, 0.25) is 0 Å². The van der Waals surface area contributed by atoms with E-state index >= 15 is 0 Å². The first-order valence-corrected chi connectivity index (χ1v) is 5.91. The molecule has 1 atom stereocenters. The molecule has 1 amide bonds. The summed E-state index contributed by atoms with van der Waals surface area (Å²) in [6.45, 7) is 1.83. The Morgan fingerprint density at radius 2 is 2.17 bits per heavy atom. The highest BCUT2D eigenvalue weighted by atomic mass is 35.5. The van der Waals surface area contributed by atoms with Gasteiger partial charge in [-0.1, -0.05) is 54.0 Å². The number of aliphatic hydroxyl groups is 1. The monoisotopic (exact) mass is 270 g/mol. The van der Waals surface area contributed by atoms with Crippen molar-refractivity contribution < 1.29 is 14.7 Å². The zero-order valence-electron chi connectivity index (χ0n) is 9.97. The first-order valence-electron chi connectivity index (χ1n) is 5.53. The van der Waals surface area contributed by atoms with E-state index < -0.39 is 12.2 Å². The molecular formula is C12H15ClN2O3. The van der Waals surface area contributed by atoms with Crippen LogP contribution in [0.3, 0.4) is 0 Å². The van der Waals surface area contributed by atoms with Crippen molar-refractivity contribution in [1.82, 2.24) is 5.32 Å². The minimum Gasteiger partial charge on any atom is -0.387 e. The largest absolute Gasteiger partial charge is 0.433 e. The average molecular weight is 271 g/mol. The summed E-state index contributed by atoms with van der Waals surface area (Å²) in [4.78, 5) is 15.7. The molecule has 0 aliphatic carbocycles. The summed E-state index contributed by atoms with van der Waals surface area (Å²) < 4.78 is 0. The molecule has 0 saturated carbocycles. The summed E-state index contributed by atoms with van der Waals surface area (Å²) >= 11 is 5.56. The van der Waals surface area contributed by atoms with Crippen molar-refractivity contribution >= 4 is 22.9 Å². The van der Waals surface area contributed by atoms with Gasteiger partial charge in [0.15, 0.2) is 0 Å². The number of amides is 1. The molecule has 0 heterocycles. The highest BCUT2D eigenvalue weighted by Gasteiger charge is 2.09. The van der Waals surface area contributed by atoms with E-state index in [1.165, 1.54) is 0 Å². The lowest BCUT2D eigenvalue weighted by atomic mass is 10.1. The number of hydrogen-bond donors (Lipinski definition) is 2. The van der Waals surface area contributed by atoms with Gasteiger partial charge >= 0.3 is 6.09 Å². The molecule has 0 aromatic heterocycles. The number of hydrogen-bond acceptors (Lipinski definition) is 4. The summed E-state index contributed by atoms with van der Waals surface area (Å²) in [6.07, 6.45) is -1.05. The van der Waals surface area contributed by atoms with Gasteiger partial charge in [0.05, 0.1) is 12.6 Å². The predicted molar refractivity (Wildman–Crippen MR) is 69.5 cm³/mol. The molecule has 1 aromatic carbocycles. The average Bonchev–Trinajstić information content (AvgIpc) is 2.42. The predicted octanol–water partition coefficient (Wildman–Crippen LogP) is 2.41. The van der Waals surface area contributed by atoms with Crippen molar-refractivity contribution in [2.45, 2.75) is 19.4 Å². The van der Waals surface area contributed by atoms with Gasteiger partial charge in [-0.05, 0) is 5.56 Å². The normalized spacial score (nSPS) is 12.9. The Balaban J connectivity index is 2.35. The molecule has 0 fully saturated rings. The van der Waals surface area contributed by atoms with E-state index in [2.05, 4.69) is 15.3 Å². The Labute approximate surface area is 110 Å². The van der Waals surface area contributed by atoms with Gasteiger partial charge in [-0.3, -0.25) is 4.84 Å². The highest BCUT2D eigenvalue weighted by molar-refractivity contribution is 6.65. The Hall–Kier alpha value is -1.59. The summed E-state index contributed by atoms with van der Waals surface area (Å²) in [5, 5.41) is 15.7. The fraction of sp³-hybridized carbons (Fsp3) is 0.333. The molecule has 1 rings (SSSR count). The number of benzene rings is 1. The number of rotatable bonds is 5. The topological polar surface area (TPSA) is 70.9 Å². The van der Waals surface area contributed by atoms with E-state index in [1.54, 1.807) is 19.1 Å². The molecule has 6 heteroatoms. The number of nitrogens with one attached hydrogen (secondary N) is 1. The summed E-state index contributed by atoms with van der Waals surface area (Å²) in [5.74, 6) is 0. The maximum absolute atomic E-state index is 11.2. The van der Waals surface area contributed by atoms with Crippen LogP contribution in [0.4, 0.5) is 4.79 Å². The Kier molecular flexibility index (Phi) is 6.18. The quantitative estimate of drug-likeness (QED) is 0.490. The van der Waals surface area contributed by atoms with Crippen LogP contribution in [0.2, 0.25) is 0 Å². The molecule has 0 radical (unpaired) electrons. The second kappa shape index (κ2) is 7.68. The van der Waals surface area contributed by atoms with Crippen molar-refractivity contribution in [3.63, 3.8) is 0 Å². The number of carbonyl (C=O) groups excluding carboxylic acids is 1. The molecule has 98 valence electrons. The molecule has 2 N–H and O–H groups in total. The number of nitrogens with zero attached hydrogens (tertiary/aromatic N) is 1. The number of oxime groups is 1. The third kappa shape index (κ3) is 5.16. The van der Waals surface area contributed by atoms with E-state index in [0.29, 0.717) is 12.0 Å². The van der Waals surface area contributed by atoms with Gasteiger partial charge < -0.3 is 10.4 Å². The zero-order chi connectivity index (χ0) is 13.4. The third-order valence-electron chi connectivity index (χ3n) is 2.14. The molecule has 0 saturated heterocycles. The van der Waals surface area contributed by atoms with Crippen LogP contribution in [0.25, 0.3) is 0 Å². The van der Waals surface area contributed by atoms with Crippen LogP contribution in [0.5, 0.6) is 0 Å². The van der Waals surface area contributed by atoms with Crippen molar-refractivity contribution in [3.05, 3.63) is 35.9 Å². The van der Waals surface area contributed by atoms with Crippen molar-refractivity contribution in [3.8, 4) is 0 Å². The van der Waals surface area contributed by atoms with Gasteiger partial charge in [0, 0.05) is 6.42 Å². The van der Waals surface area contributed by atoms with Crippen LogP contribution in [0.15, 0.2) is 35.5 Å². The van der Waals surface area contributed by atoms with Gasteiger partial charge in [0.1, 0.15) is 5.17 Å². The van der Waals surface area contributed by atoms with Crippen LogP contribution in [0.1, 0.15) is 25.0 Å².